The smallest absolute Gasteiger partial charge is 0.255 e. The Bertz CT molecular complexity index is 460. The second-order valence-electron chi connectivity index (χ2n) is 5.69. The van der Waals surface area contributed by atoms with Crippen molar-refractivity contribution in [3.8, 4) is 0 Å². The standard InChI is InChI=1S/C15H24BrN3O/c1-11(2)10-19(8-7-18(3)4)15(20)13-9-12(17)5-6-14(13)16/h5-6,9,11H,7-8,10,17H2,1-4H3. The summed E-state index contributed by atoms with van der Waals surface area (Å²) in [5.74, 6) is 0.459. The molecule has 4 nitrogen and oxygen atoms in total. The second kappa shape index (κ2) is 7.64. The monoisotopic (exact) mass is 341 g/mol. The molecule has 1 aromatic carbocycles. The van der Waals surface area contributed by atoms with Crippen molar-refractivity contribution in [1.29, 1.82) is 0 Å². The molecule has 0 heterocycles. The first-order chi connectivity index (χ1) is 9.31. The van der Waals surface area contributed by atoms with Crippen molar-refractivity contribution in [1.82, 2.24) is 9.80 Å². The summed E-state index contributed by atoms with van der Waals surface area (Å²) in [6.45, 7) is 6.53. The van der Waals surface area contributed by atoms with Gasteiger partial charge in [-0.3, -0.25) is 4.79 Å². The molecule has 112 valence electrons. The molecule has 0 aliphatic heterocycles. The molecule has 1 rings (SSSR count). The molecule has 2 N–H and O–H groups in total. The minimum absolute atomic E-state index is 0.0275. The zero-order valence-electron chi connectivity index (χ0n) is 12.7. The van der Waals surface area contributed by atoms with Crippen LogP contribution in [0.3, 0.4) is 0 Å². The lowest BCUT2D eigenvalue weighted by molar-refractivity contribution is 0.0724. The van der Waals surface area contributed by atoms with Crippen molar-refractivity contribution in [3.05, 3.63) is 28.2 Å². The summed E-state index contributed by atoms with van der Waals surface area (Å²) in [6.07, 6.45) is 0. The Kier molecular flexibility index (Phi) is 6.49. The van der Waals surface area contributed by atoms with Gasteiger partial charge in [-0.05, 0) is 54.1 Å². The molecule has 0 radical (unpaired) electrons. The van der Waals surface area contributed by atoms with Crippen molar-refractivity contribution < 1.29 is 4.79 Å². The van der Waals surface area contributed by atoms with Crippen LogP contribution in [-0.2, 0) is 0 Å². The number of carbonyl (C=O) groups excluding carboxylic acids is 1. The van der Waals surface area contributed by atoms with Crippen molar-refractivity contribution in [2.75, 3.05) is 39.5 Å². The molecule has 1 amide bonds. The Morgan fingerprint density at radius 3 is 2.50 bits per heavy atom. The van der Waals surface area contributed by atoms with Crippen molar-refractivity contribution in [3.63, 3.8) is 0 Å². The zero-order chi connectivity index (χ0) is 15.3. The summed E-state index contributed by atoms with van der Waals surface area (Å²) >= 11 is 3.43. The van der Waals surface area contributed by atoms with Crippen LogP contribution < -0.4 is 5.73 Å². The number of carbonyl (C=O) groups is 1. The fourth-order valence-corrected chi connectivity index (χ4v) is 2.33. The van der Waals surface area contributed by atoms with Gasteiger partial charge in [0.25, 0.3) is 5.91 Å². The third-order valence-corrected chi connectivity index (χ3v) is 3.60. The largest absolute Gasteiger partial charge is 0.399 e. The van der Waals surface area contributed by atoms with Gasteiger partial charge in [0.15, 0.2) is 0 Å². The number of rotatable bonds is 6. The van der Waals surface area contributed by atoms with E-state index >= 15 is 0 Å². The molecule has 0 unspecified atom stereocenters. The van der Waals surface area contributed by atoms with Crippen molar-refractivity contribution >= 4 is 27.5 Å². The van der Waals surface area contributed by atoms with Gasteiger partial charge in [0.2, 0.25) is 0 Å². The molecule has 0 saturated heterocycles. The summed E-state index contributed by atoms with van der Waals surface area (Å²) < 4.78 is 0.787. The molecular weight excluding hydrogens is 318 g/mol. The molecule has 0 fully saturated rings. The SMILES string of the molecule is CC(C)CN(CCN(C)C)C(=O)c1cc(N)ccc1Br. The van der Waals surface area contributed by atoms with Gasteiger partial charge >= 0.3 is 0 Å². The van der Waals surface area contributed by atoms with E-state index in [1.165, 1.54) is 0 Å². The van der Waals surface area contributed by atoms with E-state index in [0.717, 1.165) is 17.6 Å². The van der Waals surface area contributed by atoms with E-state index in [0.29, 0.717) is 23.7 Å². The van der Waals surface area contributed by atoms with Gasteiger partial charge in [-0.25, -0.2) is 0 Å². The second-order valence-corrected chi connectivity index (χ2v) is 6.54. The van der Waals surface area contributed by atoms with Gasteiger partial charge in [-0.15, -0.1) is 0 Å². The molecular formula is C15H24BrN3O. The number of benzene rings is 1. The molecule has 0 aliphatic rings. The fraction of sp³-hybridized carbons (Fsp3) is 0.533. The average molecular weight is 342 g/mol. The van der Waals surface area contributed by atoms with Crippen LogP contribution in [0.2, 0.25) is 0 Å². The predicted molar refractivity (Wildman–Crippen MR) is 87.8 cm³/mol. The maximum Gasteiger partial charge on any atom is 0.255 e. The topological polar surface area (TPSA) is 49.6 Å². The van der Waals surface area contributed by atoms with E-state index in [4.69, 9.17) is 5.73 Å². The summed E-state index contributed by atoms with van der Waals surface area (Å²) in [5.41, 5.74) is 7.02. The predicted octanol–water partition coefficient (Wildman–Crippen LogP) is 2.69. The number of nitrogen functional groups attached to an aromatic ring is 1. The van der Waals surface area contributed by atoms with Gasteiger partial charge in [-0.2, -0.15) is 0 Å². The summed E-state index contributed by atoms with van der Waals surface area (Å²) in [4.78, 5) is 16.7. The highest BCUT2D eigenvalue weighted by molar-refractivity contribution is 9.10. The number of likely N-dealkylation sites (N-methyl/N-ethyl adjacent to an activating group) is 1. The molecule has 0 bridgehead atoms. The van der Waals surface area contributed by atoms with Crippen LogP contribution in [0.5, 0.6) is 0 Å². The van der Waals surface area contributed by atoms with E-state index < -0.39 is 0 Å². The molecule has 20 heavy (non-hydrogen) atoms. The summed E-state index contributed by atoms with van der Waals surface area (Å²) in [7, 11) is 4.02. The Morgan fingerprint density at radius 2 is 1.95 bits per heavy atom. The number of nitrogens with zero attached hydrogens (tertiary/aromatic N) is 2. The van der Waals surface area contributed by atoms with E-state index in [1.54, 1.807) is 12.1 Å². The molecule has 5 heteroatoms. The van der Waals surface area contributed by atoms with Crippen LogP contribution in [0.25, 0.3) is 0 Å². The molecule has 0 aliphatic carbocycles. The van der Waals surface area contributed by atoms with E-state index in [1.807, 2.05) is 25.1 Å². The fourth-order valence-electron chi connectivity index (χ4n) is 1.91. The highest BCUT2D eigenvalue weighted by Crippen LogP contribution is 2.21. The van der Waals surface area contributed by atoms with Gasteiger partial charge < -0.3 is 15.5 Å². The van der Waals surface area contributed by atoms with Crippen molar-refractivity contribution in [2.24, 2.45) is 5.92 Å². The maximum atomic E-state index is 12.7. The molecule has 1 aromatic rings. The Hall–Kier alpha value is -1.07. The van der Waals surface area contributed by atoms with E-state index in [9.17, 15) is 4.79 Å². The summed E-state index contributed by atoms with van der Waals surface area (Å²) in [6, 6.07) is 5.34. The highest BCUT2D eigenvalue weighted by Gasteiger charge is 2.19. The van der Waals surface area contributed by atoms with E-state index in [2.05, 4.69) is 34.7 Å². The van der Waals surface area contributed by atoms with Gasteiger partial charge in [0.1, 0.15) is 0 Å². The first-order valence-electron chi connectivity index (χ1n) is 6.80. The van der Waals surface area contributed by atoms with Crippen LogP contribution in [0.15, 0.2) is 22.7 Å². The van der Waals surface area contributed by atoms with Crippen LogP contribution in [0.1, 0.15) is 24.2 Å². The minimum atomic E-state index is 0.0275. The Labute approximate surface area is 130 Å². The van der Waals surface area contributed by atoms with Gasteiger partial charge in [0.05, 0.1) is 5.56 Å². The quantitative estimate of drug-likeness (QED) is 0.809. The number of nitrogens with two attached hydrogens (primary N) is 1. The molecule has 0 aromatic heterocycles. The number of halogens is 1. The molecule has 0 spiro atoms. The average Bonchev–Trinajstić information content (AvgIpc) is 2.36. The van der Waals surface area contributed by atoms with Crippen LogP contribution >= 0.6 is 15.9 Å². The summed E-state index contributed by atoms with van der Waals surface area (Å²) in [5, 5.41) is 0. The lowest BCUT2D eigenvalue weighted by Crippen LogP contribution is -2.39. The molecule has 0 atom stereocenters. The lowest BCUT2D eigenvalue weighted by atomic mass is 10.1. The van der Waals surface area contributed by atoms with E-state index in [-0.39, 0.29) is 5.91 Å². The van der Waals surface area contributed by atoms with Crippen LogP contribution in [0.4, 0.5) is 5.69 Å². The number of hydrogen-bond acceptors (Lipinski definition) is 3. The molecule has 0 saturated carbocycles. The van der Waals surface area contributed by atoms with Crippen molar-refractivity contribution in [2.45, 2.75) is 13.8 Å². The Balaban J connectivity index is 2.93. The van der Waals surface area contributed by atoms with Gasteiger partial charge in [0, 0.05) is 29.8 Å². The van der Waals surface area contributed by atoms with Gasteiger partial charge in [-0.1, -0.05) is 13.8 Å². The highest BCUT2D eigenvalue weighted by atomic mass is 79.9. The third kappa shape index (κ3) is 5.13. The first kappa shape index (κ1) is 17.0. The Morgan fingerprint density at radius 1 is 1.30 bits per heavy atom. The third-order valence-electron chi connectivity index (χ3n) is 2.91. The number of hydrogen-bond donors (Lipinski definition) is 1. The number of anilines is 1. The minimum Gasteiger partial charge on any atom is -0.399 e. The maximum absolute atomic E-state index is 12.7. The normalized spacial score (nSPS) is 11.2. The first-order valence-corrected chi connectivity index (χ1v) is 7.59. The number of amides is 1. The zero-order valence-corrected chi connectivity index (χ0v) is 14.3. The lowest BCUT2D eigenvalue weighted by Gasteiger charge is -2.26. The van der Waals surface area contributed by atoms with Crippen LogP contribution in [-0.4, -0.2) is 49.4 Å². The van der Waals surface area contributed by atoms with Crippen LogP contribution in [0, 0.1) is 5.92 Å².